The zero-order valence-electron chi connectivity index (χ0n) is 16.0. The van der Waals surface area contributed by atoms with Gasteiger partial charge >= 0.3 is 5.97 Å². The number of esters is 1. The molecule has 0 spiro atoms. The number of carbonyl (C=O) groups excluding carboxylic acids is 2. The predicted octanol–water partition coefficient (Wildman–Crippen LogP) is 3.96. The molecule has 4 rings (SSSR count). The van der Waals surface area contributed by atoms with Crippen molar-refractivity contribution in [2.45, 2.75) is 39.5 Å². The third-order valence-corrected chi connectivity index (χ3v) is 6.22. The summed E-state index contributed by atoms with van der Waals surface area (Å²) in [6.07, 6.45) is 3.02. The van der Waals surface area contributed by atoms with Gasteiger partial charge in [0, 0.05) is 4.88 Å². The van der Waals surface area contributed by atoms with Gasteiger partial charge in [0.2, 0.25) is 12.7 Å². The first-order chi connectivity index (χ1) is 13.5. The number of amides is 1. The Morgan fingerprint density at radius 3 is 2.93 bits per heavy atom. The molecule has 0 bridgehead atoms. The zero-order chi connectivity index (χ0) is 19.7. The van der Waals surface area contributed by atoms with E-state index < -0.39 is 0 Å². The molecule has 148 valence electrons. The van der Waals surface area contributed by atoms with Crippen LogP contribution < -0.4 is 14.8 Å². The van der Waals surface area contributed by atoms with Crippen LogP contribution in [0.5, 0.6) is 11.5 Å². The Bertz CT molecular complexity index is 920. The molecule has 1 amide bonds. The average Bonchev–Trinajstić information content (AvgIpc) is 3.24. The van der Waals surface area contributed by atoms with Crippen molar-refractivity contribution in [1.29, 1.82) is 0 Å². The van der Waals surface area contributed by atoms with E-state index in [9.17, 15) is 9.59 Å². The van der Waals surface area contributed by atoms with Crippen LogP contribution in [0.1, 0.15) is 46.6 Å². The molecule has 1 aliphatic carbocycles. The fourth-order valence-electron chi connectivity index (χ4n) is 3.67. The van der Waals surface area contributed by atoms with Crippen LogP contribution in [0.2, 0.25) is 0 Å². The van der Waals surface area contributed by atoms with Gasteiger partial charge in [0.25, 0.3) is 0 Å². The minimum absolute atomic E-state index is 0.170. The van der Waals surface area contributed by atoms with Crippen LogP contribution in [0, 0.1) is 5.92 Å². The molecule has 0 fully saturated rings. The maximum atomic E-state index is 12.7. The van der Waals surface area contributed by atoms with Crippen molar-refractivity contribution < 1.29 is 23.8 Å². The van der Waals surface area contributed by atoms with Gasteiger partial charge in [0.15, 0.2) is 11.5 Å². The number of benzene rings is 1. The maximum Gasteiger partial charge on any atom is 0.341 e. The molecule has 1 N–H and O–H groups in total. The molecule has 1 aliphatic heterocycles. The molecule has 1 atom stereocenters. The Labute approximate surface area is 167 Å². The number of thiophene rings is 1. The smallest absolute Gasteiger partial charge is 0.341 e. The van der Waals surface area contributed by atoms with Gasteiger partial charge in [-0.05, 0) is 55.4 Å². The van der Waals surface area contributed by atoms with Gasteiger partial charge in [-0.3, -0.25) is 4.79 Å². The predicted molar refractivity (Wildman–Crippen MR) is 106 cm³/mol. The first-order valence-corrected chi connectivity index (χ1v) is 10.4. The molecular weight excluding hydrogens is 378 g/mol. The number of fused-ring (bicyclic) bond motifs is 2. The van der Waals surface area contributed by atoms with E-state index in [1.165, 1.54) is 16.2 Å². The van der Waals surface area contributed by atoms with Gasteiger partial charge in [0.1, 0.15) is 5.00 Å². The highest BCUT2D eigenvalue weighted by molar-refractivity contribution is 7.17. The third-order valence-electron chi connectivity index (χ3n) is 5.05. The van der Waals surface area contributed by atoms with Crippen molar-refractivity contribution in [1.82, 2.24) is 0 Å². The monoisotopic (exact) mass is 401 g/mol. The molecule has 1 aromatic carbocycles. The minimum Gasteiger partial charge on any atom is -0.462 e. The van der Waals surface area contributed by atoms with Gasteiger partial charge < -0.3 is 19.5 Å². The minimum atomic E-state index is -0.354. The number of anilines is 1. The fraction of sp³-hybridized carbons (Fsp3) is 0.429. The summed E-state index contributed by atoms with van der Waals surface area (Å²) in [7, 11) is 0. The lowest BCUT2D eigenvalue weighted by Crippen LogP contribution is -2.17. The van der Waals surface area contributed by atoms with Crippen LogP contribution in [-0.4, -0.2) is 25.3 Å². The second-order valence-electron chi connectivity index (χ2n) is 7.19. The number of rotatable bonds is 5. The Morgan fingerprint density at radius 2 is 2.11 bits per heavy atom. The average molecular weight is 401 g/mol. The van der Waals surface area contributed by atoms with Crippen molar-refractivity contribution >= 4 is 28.2 Å². The van der Waals surface area contributed by atoms with Crippen LogP contribution >= 0.6 is 11.3 Å². The van der Waals surface area contributed by atoms with E-state index in [1.54, 1.807) is 13.0 Å². The zero-order valence-corrected chi connectivity index (χ0v) is 16.8. The van der Waals surface area contributed by atoms with Crippen molar-refractivity contribution in [2.24, 2.45) is 5.92 Å². The second kappa shape index (κ2) is 7.83. The van der Waals surface area contributed by atoms with E-state index in [2.05, 4.69) is 12.2 Å². The summed E-state index contributed by atoms with van der Waals surface area (Å²) in [5.41, 5.74) is 2.40. The van der Waals surface area contributed by atoms with E-state index >= 15 is 0 Å². The molecular formula is C21H23NO5S. The molecule has 0 radical (unpaired) electrons. The van der Waals surface area contributed by atoms with E-state index in [1.807, 2.05) is 12.1 Å². The van der Waals surface area contributed by atoms with Crippen molar-refractivity contribution in [3.63, 3.8) is 0 Å². The molecule has 6 nitrogen and oxygen atoms in total. The normalized spacial score (nSPS) is 17.1. The quantitative estimate of drug-likeness (QED) is 0.768. The Balaban J connectivity index is 1.55. The van der Waals surface area contributed by atoms with Gasteiger partial charge in [-0.2, -0.15) is 0 Å². The van der Waals surface area contributed by atoms with Crippen molar-refractivity contribution in [3.05, 3.63) is 39.8 Å². The summed E-state index contributed by atoms with van der Waals surface area (Å²) >= 11 is 1.50. The molecule has 0 unspecified atom stereocenters. The summed E-state index contributed by atoms with van der Waals surface area (Å²) < 4.78 is 15.9. The fourth-order valence-corrected chi connectivity index (χ4v) is 5.08. The second-order valence-corrected chi connectivity index (χ2v) is 8.29. The molecule has 0 saturated heterocycles. The Kier molecular flexibility index (Phi) is 5.26. The lowest BCUT2D eigenvalue weighted by molar-refractivity contribution is -0.115. The van der Waals surface area contributed by atoms with Crippen molar-refractivity contribution in [3.8, 4) is 11.5 Å². The molecule has 1 aromatic heterocycles. The summed E-state index contributed by atoms with van der Waals surface area (Å²) in [5, 5.41) is 3.55. The molecule has 2 aliphatic rings. The highest BCUT2D eigenvalue weighted by Gasteiger charge is 2.29. The van der Waals surface area contributed by atoms with Crippen LogP contribution in [0.25, 0.3) is 0 Å². The van der Waals surface area contributed by atoms with Gasteiger partial charge in [0.05, 0.1) is 18.6 Å². The standard InChI is InChI=1S/C21H23NO5S/c1-3-25-21(24)19-14-6-4-12(2)8-17(14)28-20(19)22-18(23)10-13-5-7-15-16(9-13)27-11-26-15/h5,7,9,12H,3-4,6,8,10-11H2,1-2H3,(H,22,23)/t12-/m0/s1. The number of hydrogen-bond acceptors (Lipinski definition) is 6. The van der Waals surface area contributed by atoms with Crippen LogP contribution in [0.4, 0.5) is 5.00 Å². The van der Waals surface area contributed by atoms with E-state index in [4.69, 9.17) is 14.2 Å². The SMILES string of the molecule is CCOC(=O)c1c(NC(=O)Cc2ccc3c(c2)OCO3)sc2c1CC[C@H](C)C2. The van der Waals surface area contributed by atoms with Crippen molar-refractivity contribution in [2.75, 3.05) is 18.7 Å². The van der Waals surface area contributed by atoms with E-state index in [-0.39, 0.29) is 25.1 Å². The summed E-state index contributed by atoms with van der Waals surface area (Å²) in [4.78, 5) is 26.4. The van der Waals surface area contributed by atoms with E-state index in [0.29, 0.717) is 34.6 Å². The third kappa shape index (κ3) is 3.71. The maximum absolute atomic E-state index is 12.7. The summed E-state index contributed by atoms with van der Waals surface area (Å²) in [6, 6.07) is 5.47. The Morgan fingerprint density at radius 1 is 1.29 bits per heavy atom. The number of carbonyl (C=O) groups is 2. The first kappa shape index (κ1) is 18.8. The molecule has 2 heterocycles. The number of ether oxygens (including phenoxy) is 3. The largest absolute Gasteiger partial charge is 0.462 e. The Hall–Kier alpha value is -2.54. The summed E-state index contributed by atoms with van der Waals surface area (Å²) in [6.45, 7) is 4.51. The topological polar surface area (TPSA) is 73.9 Å². The lowest BCUT2D eigenvalue weighted by atomic mass is 9.88. The molecule has 28 heavy (non-hydrogen) atoms. The highest BCUT2D eigenvalue weighted by atomic mass is 32.1. The van der Waals surface area contributed by atoms with Gasteiger partial charge in [-0.25, -0.2) is 4.79 Å². The number of hydrogen-bond donors (Lipinski definition) is 1. The molecule has 7 heteroatoms. The molecule has 0 saturated carbocycles. The first-order valence-electron chi connectivity index (χ1n) is 9.55. The highest BCUT2D eigenvalue weighted by Crippen LogP contribution is 2.40. The lowest BCUT2D eigenvalue weighted by Gasteiger charge is -2.18. The number of nitrogens with one attached hydrogen (secondary N) is 1. The van der Waals surface area contributed by atoms with Gasteiger partial charge in [-0.1, -0.05) is 13.0 Å². The van der Waals surface area contributed by atoms with Crippen LogP contribution in [-0.2, 0) is 28.8 Å². The molecule has 2 aromatic rings. The summed E-state index contributed by atoms with van der Waals surface area (Å²) in [5.74, 6) is 1.40. The van der Waals surface area contributed by atoms with Crippen LogP contribution in [0.15, 0.2) is 18.2 Å². The van der Waals surface area contributed by atoms with Gasteiger partial charge in [-0.15, -0.1) is 11.3 Å². The van der Waals surface area contributed by atoms with Crippen LogP contribution in [0.3, 0.4) is 0 Å². The van der Waals surface area contributed by atoms with E-state index in [0.717, 1.165) is 30.4 Å².